The first-order chi connectivity index (χ1) is 18.8. The Morgan fingerprint density at radius 2 is 1.70 bits per heavy atom. The lowest BCUT2D eigenvalue weighted by Crippen LogP contribution is -2.47. The van der Waals surface area contributed by atoms with E-state index in [-0.39, 0.29) is 16.9 Å². The number of halogens is 2. The van der Waals surface area contributed by atoms with Gasteiger partial charge in [0.05, 0.1) is 17.8 Å². The molecule has 0 bridgehead atoms. The third-order valence-electron chi connectivity index (χ3n) is 7.05. The van der Waals surface area contributed by atoms with Gasteiger partial charge >= 0.3 is 6.29 Å². The monoisotopic (exact) mass is 551 g/mol. The Morgan fingerprint density at radius 1 is 1.02 bits per heavy atom. The second-order valence-corrected chi connectivity index (χ2v) is 11.9. The molecule has 214 valence electrons. The number of nitriles is 1. The molecule has 0 radical (unpaired) electrons. The van der Waals surface area contributed by atoms with Gasteiger partial charge < -0.3 is 19.2 Å². The number of hydrogen-bond donors (Lipinski definition) is 1. The van der Waals surface area contributed by atoms with E-state index in [0.717, 1.165) is 19.5 Å². The van der Waals surface area contributed by atoms with Crippen LogP contribution in [0.3, 0.4) is 0 Å². The van der Waals surface area contributed by atoms with E-state index in [1.165, 1.54) is 29.9 Å². The molecular weight excluding hydrogens is 512 g/mol. The minimum atomic E-state index is -3.67. The van der Waals surface area contributed by atoms with Gasteiger partial charge in [0.1, 0.15) is 6.07 Å². The van der Waals surface area contributed by atoms with Crippen molar-refractivity contribution in [1.29, 1.82) is 5.26 Å². The van der Waals surface area contributed by atoms with Crippen LogP contribution in [0.25, 0.3) is 11.1 Å². The molecule has 5 rings (SSSR count). The maximum atomic E-state index is 13.0. The fourth-order valence-corrected chi connectivity index (χ4v) is 5.34. The molecule has 8 heteroatoms. The maximum Gasteiger partial charge on any atom is 0.586 e. The highest BCUT2D eigenvalue weighted by atomic mass is 19.3. The first kappa shape index (κ1) is 29.6. The molecule has 3 atom stereocenters. The molecule has 6 nitrogen and oxygen atoms in total. The van der Waals surface area contributed by atoms with Gasteiger partial charge in [0, 0.05) is 43.2 Å². The number of ether oxygens (including phenoxy) is 3. The van der Waals surface area contributed by atoms with E-state index in [1.807, 2.05) is 6.07 Å². The third-order valence-corrected chi connectivity index (χ3v) is 7.05. The summed E-state index contributed by atoms with van der Waals surface area (Å²) in [6.45, 7) is 16.8. The first-order valence-corrected chi connectivity index (χ1v) is 13.8. The number of nitrogens with one attached hydrogen (secondary N) is 1. The topological polar surface area (TPSA) is 70.5 Å². The Hall–Kier alpha value is -3.41. The molecule has 0 aliphatic carbocycles. The highest BCUT2D eigenvalue weighted by molar-refractivity contribution is 5.78. The Bertz CT molecular complexity index is 1310. The molecule has 2 aliphatic heterocycles. The molecule has 1 saturated heterocycles. The number of fused-ring (bicyclic) bond motifs is 1. The minimum absolute atomic E-state index is 0.0393. The van der Waals surface area contributed by atoms with Gasteiger partial charge in [-0.3, -0.25) is 4.90 Å². The van der Waals surface area contributed by atoms with Gasteiger partial charge in [0.2, 0.25) is 0 Å². The van der Waals surface area contributed by atoms with Crippen LogP contribution in [0.5, 0.6) is 11.5 Å². The smallest absolute Gasteiger partial charge is 0.395 e. The van der Waals surface area contributed by atoms with Crippen molar-refractivity contribution in [1.82, 2.24) is 9.88 Å². The van der Waals surface area contributed by atoms with Crippen molar-refractivity contribution < 1.29 is 23.0 Å². The van der Waals surface area contributed by atoms with Crippen LogP contribution < -0.4 is 9.47 Å². The van der Waals surface area contributed by atoms with Crippen LogP contribution in [0.2, 0.25) is 0 Å². The summed E-state index contributed by atoms with van der Waals surface area (Å²) in [7, 11) is 0. The molecule has 0 saturated carbocycles. The van der Waals surface area contributed by atoms with Crippen molar-refractivity contribution >= 4 is 0 Å². The van der Waals surface area contributed by atoms with E-state index in [0.29, 0.717) is 34.8 Å². The van der Waals surface area contributed by atoms with E-state index in [4.69, 9.17) is 10.00 Å². The summed E-state index contributed by atoms with van der Waals surface area (Å²) >= 11 is 0. The Labute approximate surface area is 235 Å². The third kappa shape index (κ3) is 7.41. The molecular formula is C32H39F2N3O3. The lowest BCUT2D eigenvalue weighted by atomic mass is 9.86. The highest BCUT2D eigenvalue weighted by Crippen LogP contribution is 2.47. The largest absolute Gasteiger partial charge is 0.586 e. The second kappa shape index (κ2) is 12.0. The molecule has 0 spiro atoms. The predicted molar refractivity (Wildman–Crippen MR) is 152 cm³/mol. The molecule has 2 aliphatic rings. The van der Waals surface area contributed by atoms with Gasteiger partial charge in [-0.25, -0.2) is 0 Å². The summed E-state index contributed by atoms with van der Waals surface area (Å²) in [6, 6.07) is 15.7. The normalized spacial score (nSPS) is 20.8. The van der Waals surface area contributed by atoms with E-state index in [2.05, 4.69) is 85.2 Å². The number of hydrogen-bond acceptors (Lipinski definition) is 5. The average Bonchev–Trinajstić information content (AvgIpc) is 3.45. The summed E-state index contributed by atoms with van der Waals surface area (Å²) in [5, 5.41) is 8.93. The van der Waals surface area contributed by atoms with E-state index in [9.17, 15) is 8.78 Å². The predicted octanol–water partition coefficient (Wildman–Crippen LogP) is 7.15. The molecule has 1 N–H and O–H groups in total. The lowest BCUT2D eigenvalue weighted by molar-refractivity contribution is -0.286. The molecule has 3 aromatic rings. The quantitative estimate of drug-likeness (QED) is 0.365. The van der Waals surface area contributed by atoms with Gasteiger partial charge in [-0.05, 0) is 48.8 Å². The van der Waals surface area contributed by atoms with E-state index < -0.39 is 6.29 Å². The Morgan fingerprint density at radius 3 is 2.33 bits per heavy atom. The van der Waals surface area contributed by atoms with Crippen molar-refractivity contribution in [3.05, 3.63) is 71.5 Å². The number of benzene rings is 2. The van der Waals surface area contributed by atoms with Crippen LogP contribution in [0.1, 0.15) is 58.2 Å². The Kier molecular flexibility index (Phi) is 8.86. The minimum Gasteiger partial charge on any atom is -0.395 e. The van der Waals surface area contributed by atoms with Crippen LogP contribution in [0.4, 0.5) is 8.78 Å². The number of aromatic nitrogens is 1. The van der Waals surface area contributed by atoms with Gasteiger partial charge in [0.15, 0.2) is 11.5 Å². The maximum absolute atomic E-state index is 13.0. The SMILES string of the molecule is CC(Cc1ccc(C(C)(C)C)cc1)CN1C[C@@H](C)O[C@@H](C)C1.N#Cc1c[nH]cc1-c1cccc2c1OC(F)(F)O2. The fraction of sp³-hybridized carbons (Fsp3) is 0.469. The van der Waals surface area contributed by atoms with Crippen molar-refractivity contribution in [3.8, 4) is 28.7 Å². The second-order valence-electron chi connectivity index (χ2n) is 11.9. The standard InChI is InChI=1S/C20H33NO.C12H6F2N2O2/c1-15(12-21-13-16(2)22-17(3)14-21)11-18-7-9-19(10-8-18)20(4,5)6;13-12(14)17-10-3-1-2-8(11(10)18-12)9-6-16-5-7(9)4-15/h7-10,15-17H,11-14H2,1-6H3;1-3,5-6,16H/t15?,16-,17+;. The number of morpholine rings is 1. The molecule has 0 amide bonds. The van der Waals surface area contributed by atoms with Crippen LogP contribution in [-0.2, 0) is 16.6 Å². The van der Waals surface area contributed by atoms with Crippen LogP contribution in [0.15, 0.2) is 54.9 Å². The molecule has 1 unspecified atom stereocenters. The zero-order chi connectivity index (χ0) is 29.1. The summed E-state index contributed by atoms with van der Waals surface area (Å²) < 4.78 is 40.7. The Balaban J connectivity index is 0.000000188. The summed E-state index contributed by atoms with van der Waals surface area (Å²) in [5.74, 6) is 0.583. The van der Waals surface area contributed by atoms with Crippen molar-refractivity contribution in [2.24, 2.45) is 5.92 Å². The van der Waals surface area contributed by atoms with Gasteiger partial charge in [-0.15, -0.1) is 8.78 Å². The molecule has 2 aromatic carbocycles. The average molecular weight is 552 g/mol. The number of nitrogens with zero attached hydrogens (tertiary/aromatic N) is 2. The lowest BCUT2D eigenvalue weighted by Gasteiger charge is -2.36. The summed E-state index contributed by atoms with van der Waals surface area (Å²) in [5.41, 5.74) is 4.35. The van der Waals surface area contributed by atoms with Gasteiger partial charge in [-0.2, -0.15) is 5.26 Å². The number of H-pyrrole nitrogens is 1. The van der Waals surface area contributed by atoms with Gasteiger partial charge in [-0.1, -0.05) is 64.1 Å². The van der Waals surface area contributed by atoms with Crippen molar-refractivity contribution in [2.75, 3.05) is 19.6 Å². The zero-order valence-corrected chi connectivity index (χ0v) is 24.1. The molecule has 1 fully saturated rings. The van der Waals surface area contributed by atoms with E-state index in [1.54, 1.807) is 18.3 Å². The molecule has 40 heavy (non-hydrogen) atoms. The number of aromatic amines is 1. The number of alkyl halides is 2. The summed E-state index contributed by atoms with van der Waals surface area (Å²) in [6.07, 6.45) is 1.26. The van der Waals surface area contributed by atoms with E-state index >= 15 is 0 Å². The summed E-state index contributed by atoms with van der Waals surface area (Å²) in [4.78, 5) is 5.32. The van der Waals surface area contributed by atoms with Crippen LogP contribution >= 0.6 is 0 Å². The van der Waals surface area contributed by atoms with Crippen molar-refractivity contribution in [2.45, 2.75) is 71.9 Å². The van der Waals surface area contributed by atoms with Crippen LogP contribution in [0, 0.1) is 17.2 Å². The zero-order valence-electron chi connectivity index (χ0n) is 24.1. The number of para-hydroxylation sites is 1. The number of rotatable bonds is 5. The first-order valence-electron chi connectivity index (χ1n) is 13.8. The molecule has 1 aromatic heterocycles. The van der Waals surface area contributed by atoms with Gasteiger partial charge in [0.25, 0.3) is 0 Å². The van der Waals surface area contributed by atoms with Crippen LogP contribution in [-0.4, -0.2) is 48.0 Å². The van der Waals surface area contributed by atoms with Crippen molar-refractivity contribution in [3.63, 3.8) is 0 Å². The fourth-order valence-electron chi connectivity index (χ4n) is 5.34. The highest BCUT2D eigenvalue weighted by Gasteiger charge is 2.44. The molecule has 3 heterocycles.